The van der Waals surface area contributed by atoms with Crippen molar-refractivity contribution in [2.45, 2.75) is 65.2 Å². The van der Waals surface area contributed by atoms with Gasteiger partial charge in [-0.15, -0.1) is 5.11 Å². The highest BCUT2D eigenvalue weighted by Crippen LogP contribution is 2.32. The van der Waals surface area contributed by atoms with E-state index in [1.807, 2.05) is 18.2 Å². The summed E-state index contributed by atoms with van der Waals surface area (Å²) in [6.07, 6.45) is 12.9. The fourth-order valence-corrected chi connectivity index (χ4v) is 2.53. The van der Waals surface area contributed by atoms with Crippen molar-refractivity contribution in [2.75, 3.05) is 0 Å². The van der Waals surface area contributed by atoms with Crippen LogP contribution in [0.2, 0.25) is 0 Å². The highest BCUT2D eigenvalue weighted by Gasteiger charge is 2.08. The highest BCUT2D eigenvalue weighted by atomic mass is 15.3. The van der Waals surface area contributed by atoms with E-state index in [1.165, 1.54) is 19.3 Å². The van der Waals surface area contributed by atoms with Gasteiger partial charge in [-0.25, -0.2) is 0 Å². The largest absolute Gasteiger partial charge is 0.305 e. The summed E-state index contributed by atoms with van der Waals surface area (Å²) in [7, 11) is 0. The molecule has 130 valence electrons. The Morgan fingerprint density at radius 3 is 2.54 bits per heavy atom. The number of rotatable bonds is 11. The second-order valence-corrected chi connectivity index (χ2v) is 5.80. The van der Waals surface area contributed by atoms with E-state index in [2.05, 4.69) is 40.3 Å². The van der Waals surface area contributed by atoms with Gasteiger partial charge in [0.05, 0.1) is 5.69 Å². The van der Waals surface area contributed by atoms with E-state index >= 15 is 0 Å². The predicted molar refractivity (Wildman–Crippen MR) is 100 cm³/mol. The Balaban J connectivity index is 3.08. The van der Waals surface area contributed by atoms with Gasteiger partial charge in [0, 0.05) is 10.6 Å². The van der Waals surface area contributed by atoms with E-state index in [4.69, 9.17) is 11.4 Å². The molecule has 0 aliphatic carbocycles. The van der Waals surface area contributed by atoms with Gasteiger partial charge < -0.3 is 5.84 Å². The lowest BCUT2D eigenvalue weighted by Crippen LogP contribution is -1.90. The molecule has 24 heavy (non-hydrogen) atoms. The van der Waals surface area contributed by atoms with Crippen molar-refractivity contribution in [1.29, 1.82) is 0 Å². The number of nitrogens with zero attached hydrogens (tertiary/aromatic N) is 5. The van der Waals surface area contributed by atoms with Crippen LogP contribution in [0.25, 0.3) is 16.5 Å². The summed E-state index contributed by atoms with van der Waals surface area (Å²) in [4.78, 5) is 2.95. The van der Waals surface area contributed by atoms with Crippen LogP contribution in [-0.4, -0.2) is 0 Å². The molecule has 1 aromatic carbocycles. The first-order chi connectivity index (χ1) is 11.8. The van der Waals surface area contributed by atoms with Crippen molar-refractivity contribution in [3.8, 4) is 0 Å². The quantitative estimate of drug-likeness (QED) is 0.117. The second-order valence-electron chi connectivity index (χ2n) is 5.80. The number of nitrogens with two attached hydrogens (primary N) is 1. The zero-order chi connectivity index (χ0) is 17.6. The number of unbranched alkanes of at least 4 members (excludes halogenated alkanes) is 5. The fraction of sp³-hybridized carbons (Fsp3) is 0.556. The molecule has 0 aliphatic heterocycles. The molecular weight excluding hydrogens is 300 g/mol. The highest BCUT2D eigenvalue weighted by molar-refractivity contribution is 5.70. The standard InChI is InChI=1S/C18H28N6/c1-3-5-7-9-11-15-13-18(22-24-20)16(12-10-8-6-4-2)14-17(15)21-23-19/h9,11,13-14H,3-8,10,12H2,1-2H3,(H2,20,22)/b11-9+. The minimum absolute atomic E-state index is 0.631. The molecule has 2 N–H and O–H groups in total. The monoisotopic (exact) mass is 328 g/mol. The van der Waals surface area contributed by atoms with Gasteiger partial charge in [0.25, 0.3) is 0 Å². The normalized spacial score (nSPS) is 11.2. The second kappa shape index (κ2) is 12.1. The Morgan fingerprint density at radius 2 is 1.88 bits per heavy atom. The minimum atomic E-state index is 0.631. The summed E-state index contributed by atoms with van der Waals surface area (Å²) in [5.41, 5.74) is 12.1. The van der Waals surface area contributed by atoms with Crippen LogP contribution in [0.15, 0.2) is 33.7 Å². The van der Waals surface area contributed by atoms with Crippen LogP contribution < -0.4 is 5.84 Å². The SMILES string of the molecule is CCCC/C=C/c1cc(N=NN)c(CCCCCC)cc1N=[N+]=[N-]. The van der Waals surface area contributed by atoms with Gasteiger partial charge in [-0.2, -0.15) is 0 Å². The molecule has 6 nitrogen and oxygen atoms in total. The molecule has 0 saturated carbocycles. The van der Waals surface area contributed by atoms with Crippen molar-refractivity contribution in [3.63, 3.8) is 0 Å². The molecule has 0 heterocycles. The van der Waals surface area contributed by atoms with Crippen molar-refractivity contribution >= 4 is 17.5 Å². The molecule has 0 saturated heterocycles. The van der Waals surface area contributed by atoms with Crippen molar-refractivity contribution in [2.24, 2.45) is 21.3 Å². The molecule has 0 bridgehead atoms. The maximum absolute atomic E-state index is 8.84. The van der Waals surface area contributed by atoms with Crippen molar-refractivity contribution in [1.82, 2.24) is 0 Å². The lowest BCUT2D eigenvalue weighted by molar-refractivity contribution is 0.667. The summed E-state index contributed by atoms with van der Waals surface area (Å²) in [6, 6.07) is 3.81. The van der Waals surface area contributed by atoms with Gasteiger partial charge in [-0.1, -0.05) is 68.4 Å². The van der Waals surface area contributed by atoms with E-state index < -0.39 is 0 Å². The number of hydrogen-bond donors (Lipinski definition) is 1. The Bertz CT molecular complexity index is 600. The molecule has 0 aromatic heterocycles. The molecule has 0 radical (unpaired) electrons. The third-order valence-corrected chi connectivity index (χ3v) is 3.87. The van der Waals surface area contributed by atoms with Gasteiger partial charge in [0.2, 0.25) is 0 Å². The molecule has 0 spiro atoms. The smallest absolute Gasteiger partial charge is 0.0912 e. The van der Waals surface area contributed by atoms with Crippen LogP contribution in [0.3, 0.4) is 0 Å². The van der Waals surface area contributed by atoms with Crippen LogP contribution >= 0.6 is 0 Å². The average Bonchev–Trinajstić information content (AvgIpc) is 2.58. The lowest BCUT2D eigenvalue weighted by Gasteiger charge is -2.09. The first-order valence-electron chi connectivity index (χ1n) is 8.76. The maximum Gasteiger partial charge on any atom is 0.0912 e. The number of azide groups is 1. The Hall–Kier alpha value is -2.33. The fourth-order valence-electron chi connectivity index (χ4n) is 2.53. The van der Waals surface area contributed by atoms with E-state index in [9.17, 15) is 0 Å². The van der Waals surface area contributed by atoms with E-state index in [-0.39, 0.29) is 0 Å². The maximum atomic E-state index is 8.84. The molecule has 1 aromatic rings. The molecule has 0 amide bonds. The van der Waals surface area contributed by atoms with Crippen molar-refractivity contribution in [3.05, 3.63) is 39.8 Å². The molecule has 0 fully saturated rings. The van der Waals surface area contributed by atoms with Gasteiger partial charge in [0.1, 0.15) is 0 Å². The summed E-state index contributed by atoms with van der Waals surface area (Å²) in [6.45, 7) is 4.35. The zero-order valence-corrected chi connectivity index (χ0v) is 14.8. The Kier molecular flexibility index (Phi) is 9.97. The van der Waals surface area contributed by atoms with Crippen LogP contribution in [0, 0.1) is 0 Å². The lowest BCUT2D eigenvalue weighted by atomic mass is 10.0. The number of hydrogen-bond acceptors (Lipinski definition) is 3. The molecule has 0 atom stereocenters. The summed E-state index contributed by atoms with van der Waals surface area (Å²) >= 11 is 0. The van der Waals surface area contributed by atoms with Gasteiger partial charge in [-0.05, 0) is 48.1 Å². The number of aryl methyl sites for hydroxylation is 1. The van der Waals surface area contributed by atoms with Gasteiger partial charge in [-0.3, -0.25) is 0 Å². The van der Waals surface area contributed by atoms with Crippen LogP contribution in [0.4, 0.5) is 11.4 Å². The predicted octanol–water partition coefficient (Wildman–Crippen LogP) is 6.91. The van der Waals surface area contributed by atoms with Gasteiger partial charge in [0.15, 0.2) is 0 Å². The van der Waals surface area contributed by atoms with Crippen molar-refractivity contribution < 1.29 is 0 Å². The molecule has 0 unspecified atom stereocenters. The minimum Gasteiger partial charge on any atom is -0.305 e. The first kappa shape index (κ1) is 19.7. The van der Waals surface area contributed by atoms with Crippen LogP contribution in [0.5, 0.6) is 0 Å². The third-order valence-electron chi connectivity index (χ3n) is 3.87. The molecular formula is C18H28N6. The molecule has 0 aliphatic rings. The summed E-state index contributed by atoms with van der Waals surface area (Å²) in [5, 5.41) is 11.3. The van der Waals surface area contributed by atoms with E-state index in [0.29, 0.717) is 5.69 Å². The van der Waals surface area contributed by atoms with E-state index in [0.717, 1.165) is 48.9 Å². The average molecular weight is 328 g/mol. The Labute approximate surface area is 144 Å². The first-order valence-corrected chi connectivity index (χ1v) is 8.76. The third kappa shape index (κ3) is 6.84. The molecule has 6 heteroatoms. The Morgan fingerprint density at radius 1 is 1.08 bits per heavy atom. The number of benzene rings is 1. The van der Waals surface area contributed by atoms with Crippen LogP contribution in [-0.2, 0) is 6.42 Å². The number of allylic oxidation sites excluding steroid dienone is 1. The van der Waals surface area contributed by atoms with E-state index in [1.54, 1.807) is 0 Å². The zero-order valence-electron chi connectivity index (χ0n) is 14.8. The van der Waals surface area contributed by atoms with Gasteiger partial charge >= 0.3 is 0 Å². The van der Waals surface area contributed by atoms with Crippen LogP contribution in [0.1, 0.15) is 69.9 Å². The molecule has 1 rings (SSSR count). The topological polar surface area (TPSA) is 99.5 Å². The summed E-state index contributed by atoms with van der Waals surface area (Å²) in [5.74, 6) is 5.25. The summed E-state index contributed by atoms with van der Waals surface area (Å²) < 4.78 is 0.